The molecule has 0 aliphatic carbocycles. The molecule has 1 aromatic carbocycles. The van der Waals surface area contributed by atoms with Crippen molar-refractivity contribution in [3.63, 3.8) is 0 Å². The molecule has 3 N–H and O–H groups in total. The van der Waals surface area contributed by atoms with Crippen LogP contribution in [0.3, 0.4) is 0 Å². The second-order valence-corrected chi connectivity index (χ2v) is 9.94. The molecule has 152 valence electrons. The molecule has 0 fully saturated rings. The number of carbonyl (C=O) groups excluding carboxylic acids is 2. The average molecular weight is 428 g/mol. The molecule has 3 aromatic rings. The van der Waals surface area contributed by atoms with E-state index in [1.165, 1.54) is 28.7 Å². The van der Waals surface area contributed by atoms with Crippen LogP contribution in [0.2, 0.25) is 0 Å². The molecule has 0 bridgehead atoms. The van der Waals surface area contributed by atoms with E-state index in [9.17, 15) is 9.59 Å². The van der Waals surface area contributed by atoms with E-state index in [-0.39, 0.29) is 11.2 Å². The number of rotatable bonds is 5. The lowest BCUT2D eigenvalue weighted by Gasteiger charge is -2.14. The Morgan fingerprint density at radius 1 is 1.10 bits per heavy atom. The van der Waals surface area contributed by atoms with Gasteiger partial charge in [0.1, 0.15) is 5.00 Å². The molecule has 0 saturated heterocycles. The van der Waals surface area contributed by atoms with Gasteiger partial charge in [-0.2, -0.15) is 0 Å². The Balaban J connectivity index is 1.84. The summed E-state index contributed by atoms with van der Waals surface area (Å²) in [5, 5.41) is 4.95. The number of primary amides is 1. The van der Waals surface area contributed by atoms with Crippen LogP contribution in [-0.2, 0) is 4.79 Å². The van der Waals surface area contributed by atoms with Crippen molar-refractivity contribution in [2.45, 2.75) is 51.8 Å². The first-order valence-electron chi connectivity index (χ1n) is 9.34. The summed E-state index contributed by atoms with van der Waals surface area (Å²) in [6.45, 7) is 11.8. The number of thioether (sulfide) groups is 1. The second kappa shape index (κ2) is 8.16. The van der Waals surface area contributed by atoms with Gasteiger partial charge in [0.15, 0.2) is 0 Å². The van der Waals surface area contributed by atoms with Crippen molar-refractivity contribution in [3.05, 3.63) is 50.9 Å². The van der Waals surface area contributed by atoms with Crippen LogP contribution < -0.4 is 11.1 Å². The number of benzene rings is 1. The molecule has 0 aliphatic heterocycles. The van der Waals surface area contributed by atoms with Crippen molar-refractivity contribution in [2.75, 3.05) is 5.32 Å². The summed E-state index contributed by atoms with van der Waals surface area (Å²) in [7, 11) is 0. The molecule has 7 heteroatoms. The zero-order chi connectivity index (χ0) is 21.5. The van der Waals surface area contributed by atoms with Crippen LogP contribution in [0.5, 0.6) is 0 Å². The van der Waals surface area contributed by atoms with Crippen LogP contribution >= 0.6 is 23.1 Å². The van der Waals surface area contributed by atoms with Gasteiger partial charge in [-0.3, -0.25) is 9.59 Å². The summed E-state index contributed by atoms with van der Waals surface area (Å²) < 4.78 is 0. The molecule has 0 spiro atoms. The highest BCUT2D eigenvalue weighted by atomic mass is 32.2. The number of hydrogen-bond acceptors (Lipinski definition) is 5. The molecular weight excluding hydrogens is 402 g/mol. The first-order chi connectivity index (χ1) is 13.6. The molecule has 0 aliphatic rings. The highest BCUT2D eigenvalue weighted by molar-refractivity contribution is 8.00. The molecule has 2 heterocycles. The number of fused-ring (bicyclic) bond motifs is 1. The molecule has 2 aromatic heterocycles. The molecule has 3 rings (SSSR count). The number of nitrogens with zero attached hydrogens (tertiary/aromatic N) is 1. The highest BCUT2D eigenvalue weighted by Gasteiger charge is 2.22. The van der Waals surface area contributed by atoms with Crippen molar-refractivity contribution in [3.8, 4) is 0 Å². The standard InChI is InChI=1S/C22H25N3O2S2/c1-10-7-12(3)19-16(8-10)11(2)9-17(24-19)28-15(6)21(27)25-22-18(20(23)26)13(4)14(5)29-22/h7-9,15H,1-6H3,(H2,23,26)(H,25,27). The fourth-order valence-corrected chi connectivity index (χ4v) is 5.32. The zero-order valence-corrected chi connectivity index (χ0v) is 19.1. The Morgan fingerprint density at radius 2 is 1.79 bits per heavy atom. The number of aromatic nitrogens is 1. The van der Waals surface area contributed by atoms with E-state index < -0.39 is 5.91 Å². The van der Waals surface area contributed by atoms with Crippen LogP contribution in [0.15, 0.2) is 23.2 Å². The minimum Gasteiger partial charge on any atom is -0.365 e. The predicted octanol–water partition coefficient (Wildman–Crippen LogP) is 5.06. The van der Waals surface area contributed by atoms with Gasteiger partial charge in [0.2, 0.25) is 5.91 Å². The van der Waals surface area contributed by atoms with E-state index in [1.54, 1.807) is 0 Å². The Morgan fingerprint density at radius 3 is 2.45 bits per heavy atom. The molecule has 5 nitrogen and oxygen atoms in total. The molecule has 0 saturated carbocycles. The third-order valence-corrected chi connectivity index (χ3v) is 7.11. The fourth-order valence-electron chi connectivity index (χ4n) is 3.33. The van der Waals surface area contributed by atoms with Gasteiger partial charge in [0.05, 0.1) is 21.4 Å². The second-order valence-electron chi connectivity index (χ2n) is 7.36. The lowest BCUT2D eigenvalue weighted by molar-refractivity contribution is -0.115. The van der Waals surface area contributed by atoms with Crippen molar-refractivity contribution >= 4 is 50.8 Å². The molecular formula is C22H25N3O2S2. The van der Waals surface area contributed by atoms with Crippen molar-refractivity contribution in [2.24, 2.45) is 5.73 Å². The van der Waals surface area contributed by atoms with E-state index in [0.717, 1.165) is 37.5 Å². The lowest BCUT2D eigenvalue weighted by Crippen LogP contribution is -2.24. The van der Waals surface area contributed by atoms with Crippen LogP contribution in [0.25, 0.3) is 10.9 Å². The van der Waals surface area contributed by atoms with Gasteiger partial charge in [-0.25, -0.2) is 4.98 Å². The summed E-state index contributed by atoms with van der Waals surface area (Å²) in [6, 6.07) is 6.28. The quantitative estimate of drug-likeness (QED) is 0.558. The Hall–Kier alpha value is -2.38. The van der Waals surface area contributed by atoms with Crippen LogP contribution in [0.4, 0.5) is 5.00 Å². The fraction of sp³-hybridized carbons (Fsp3) is 0.318. The molecule has 1 atom stereocenters. The number of aryl methyl sites for hydroxylation is 4. The number of carbonyl (C=O) groups is 2. The molecule has 2 amide bonds. The van der Waals surface area contributed by atoms with Crippen molar-refractivity contribution in [1.29, 1.82) is 0 Å². The summed E-state index contributed by atoms with van der Waals surface area (Å²) in [6.07, 6.45) is 0. The van der Waals surface area contributed by atoms with Gasteiger partial charge in [0.25, 0.3) is 5.91 Å². The number of hydrogen-bond donors (Lipinski definition) is 2. The van der Waals surface area contributed by atoms with Gasteiger partial charge in [-0.15, -0.1) is 11.3 Å². The van der Waals surface area contributed by atoms with Gasteiger partial charge >= 0.3 is 0 Å². The van der Waals surface area contributed by atoms with Crippen LogP contribution in [0, 0.1) is 34.6 Å². The zero-order valence-electron chi connectivity index (χ0n) is 17.5. The Kier molecular flexibility index (Phi) is 6.00. The Labute approximate surface area is 179 Å². The maximum atomic E-state index is 12.8. The maximum absolute atomic E-state index is 12.8. The summed E-state index contributed by atoms with van der Waals surface area (Å²) in [5.41, 5.74) is 11.1. The molecule has 0 radical (unpaired) electrons. The van der Waals surface area contributed by atoms with E-state index in [1.807, 2.05) is 26.8 Å². The predicted molar refractivity (Wildman–Crippen MR) is 122 cm³/mol. The lowest BCUT2D eigenvalue weighted by atomic mass is 10.0. The van der Waals surface area contributed by atoms with Gasteiger partial charge < -0.3 is 11.1 Å². The largest absolute Gasteiger partial charge is 0.365 e. The smallest absolute Gasteiger partial charge is 0.251 e. The van der Waals surface area contributed by atoms with E-state index in [2.05, 4.69) is 38.2 Å². The summed E-state index contributed by atoms with van der Waals surface area (Å²) in [4.78, 5) is 30.3. The van der Waals surface area contributed by atoms with Crippen LogP contribution in [0.1, 0.15) is 44.4 Å². The third kappa shape index (κ3) is 4.31. The van der Waals surface area contributed by atoms with Gasteiger partial charge in [-0.1, -0.05) is 23.4 Å². The number of nitrogens with one attached hydrogen (secondary N) is 1. The van der Waals surface area contributed by atoms with E-state index >= 15 is 0 Å². The minimum absolute atomic E-state index is 0.182. The number of anilines is 1. The minimum atomic E-state index is -0.528. The highest BCUT2D eigenvalue weighted by Crippen LogP contribution is 2.34. The average Bonchev–Trinajstić information content (AvgIpc) is 2.89. The van der Waals surface area contributed by atoms with E-state index in [4.69, 9.17) is 10.7 Å². The van der Waals surface area contributed by atoms with Crippen LogP contribution in [-0.4, -0.2) is 22.0 Å². The number of amides is 2. The Bertz CT molecular complexity index is 1140. The van der Waals surface area contributed by atoms with Crippen molar-refractivity contribution in [1.82, 2.24) is 4.98 Å². The molecule has 1 unspecified atom stereocenters. The topological polar surface area (TPSA) is 85.1 Å². The summed E-state index contributed by atoms with van der Waals surface area (Å²) >= 11 is 2.77. The van der Waals surface area contributed by atoms with Gasteiger partial charge in [-0.05, 0) is 70.4 Å². The number of nitrogens with two attached hydrogens (primary N) is 1. The van der Waals surface area contributed by atoms with Crippen molar-refractivity contribution < 1.29 is 9.59 Å². The van der Waals surface area contributed by atoms with Gasteiger partial charge in [0, 0.05) is 10.3 Å². The first kappa shape index (κ1) is 21.3. The normalized spacial score (nSPS) is 12.2. The SMILES string of the molecule is Cc1cc(C)c2nc(SC(C)C(=O)Nc3sc(C)c(C)c3C(N)=O)cc(C)c2c1. The monoisotopic (exact) mass is 427 g/mol. The first-order valence-corrected chi connectivity index (χ1v) is 11.0. The number of thiophene rings is 1. The summed E-state index contributed by atoms with van der Waals surface area (Å²) in [5.74, 6) is -0.709. The molecule has 29 heavy (non-hydrogen) atoms. The maximum Gasteiger partial charge on any atom is 0.251 e. The third-order valence-electron chi connectivity index (χ3n) is 4.97. The number of pyridine rings is 1. The van der Waals surface area contributed by atoms with E-state index in [0.29, 0.717) is 10.6 Å².